The minimum absolute atomic E-state index is 0.319. The van der Waals surface area contributed by atoms with Crippen LogP contribution in [0.1, 0.15) is 19.3 Å². The van der Waals surface area contributed by atoms with Crippen LogP contribution in [0.4, 0.5) is 15.8 Å². The Morgan fingerprint density at radius 1 is 1.47 bits per heavy atom. The summed E-state index contributed by atoms with van der Waals surface area (Å²) in [6, 6.07) is 3.03. The molecular formula is C11H14BrFN2. The van der Waals surface area contributed by atoms with Crippen molar-refractivity contribution in [1.29, 1.82) is 0 Å². The molecule has 0 atom stereocenters. The Labute approximate surface area is 97.2 Å². The molecule has 15 heavy (non-hydrogen) atoms. The molecule has 1 saturated carbocycles. The van der Waals surface area contributed by atoms with Crippen molar-refractivity contribution >= 4 is 27.3 Å². The van der Waals surface area contributed by atoms with Crippen molar-refractivity contribution < 1.29 is 4.39 Å². The Morgan fingerprint density at radius 2 is 2.20 bits per heavy atom. The maximum Gasteiger partial charge on any atom is 0.139 e. The Morgan fingerprint density at radius 3 is 2.87 bits per heavy atom. The molecule has 0 bridgehead atoms. The maximum atomic E-state index is 13.1. The highest BCUT2D eigenvalue weighted by Crippen LogP contribution is 2.32. The third-order valence-electron chi connectivity index (χ3n) is 2.66. The van der Waals surface area contributed by atoms with E-state index in [4.69, 9.17) is 5.73 Å². The van der Waals surface area contributed by atoms with Crippen LogP contribution in [-0.4, -0.2) is 6.54 Å². The van der Waals surface area contributed by atoms with E-state index in [1.54, 1.807) is 6.07 Å². The molecule has 0 amide bonds. The van der Waals surface area contributed by atoms with E-state index >= 15 is 0 Å². The lowest BCUT2D eigenvalue weighted by atomic mass is 10.2. The van der Waals surface area contributed by atoms with Gasteiger partial charge in [0.05, 0.1) is 15.8 Å². The summed E-state index contributed by atoms with van der Waals surface area (Å²) in [6.45, 7) is 0.910. The number of nitrogens with one attached hydrogen (secondary N) is 1. The summed E-state index contributed by atoms with van der Waals surface area (Å²) in [5.74, 6) is 0.572. The molecule has 3 N–H and O–H groups in total. The highest BCUT2D eigenvalue weighted by Gasteiger charge is 2.20. The van der Waals surface area contributed by atoms with Gasteiger partial charge in [0.25, 0.3) is 0 Å². The molecule has 82 valence electrons. The SMILES string of the molecule is Nc1cc(F)c(Br)cc1NCCC1CC1. The van der Waals surface area contributed by atoms with Crippen LogP contribution < -0.4 is 11.1 Å². The molecule has 0 spiro atoms. The van der Waals surface area contributed by atoms with Gasteiger partial charge in [0, 0.05) is 12.6 Å². The quantitative estimate of drug-likeness (QED) is 0.825. The van der Waals surface area contributed by atoms with Gasteiger partial charge in [-0.3, -0.25) is 0 Å². The van der Waals surface area contributed by atoms with Crippen molar-refractivity contribution in [2.75, 3.05) is 17.6 Å². The molecule has 2 rings (SSSR count). The topological polar surface area (TPSA) is 38.0 Å². The average Bonchev–Trinajstić information content (AvgIpc) is 2.97. The summed E-state index contributed by atoms with van der Waals surface area (Å²) in [6.07, 6.45) is 3.88. The summed E-state index contributed by atoms with van der Waals surface area (Å²) in [5.41, 5.74) is 6.97. The van der Waals surface area contributed by atoms with E-state index in [-0.39, 0.29) is 5.82 Å². The zero-order valence-electron chi connectivity index (χ0n) is 8.39. The van der Waals surface area contributed by atoms with E-state index < -0.39 is 0 Å². The van der Waals surface area contributed by atoms with Gasteiger partial charge in [-0.25, -0.2) is 4.39 Å². The largest absolute Gasteiger partial charge is 0.397 e. The number of anilines is 2. The maximum absolute atomic E-state index is 13.1. The summed E-state index contributed by atoms with van der Waals surface area (Å²) in [7, 11) is 0. The van der Waals surface area contributed by atoms with Crippen molar-refractivity contribution in [3.63, 3.8) is 0 Å². The van der Waals surface area contributed by atoms with Crippen LogP contribution in [0.15, 0.2) is 16.6 Å². The molecule has 0 heterocycles. The second-order valence-electron chi connectivity index (χ2n) is 4.01. The van der Waals surface area contributed by atoms with E-state index in [9.17, 15) is 4.39 Å². The van der Waals surface area contributed by atoms with E-state index in [0.717, 1.165) is 18.2 Å². The summed E-state index contributed by atoms with van der Waals surface area (Å²) < 4.78 is 13.5. The minimum atomic E-state index is -0.319. The lowest BCUT2D eigenvalue weighted by Crippen LogP contribution is -2.05. The first-order valence-electron chi connectivity index (χ1n) is 5.15. The first-order chi connectivity index (χ1) is 7.16. The normalized spacial score (nSPS) is 15.3. The van der Waals surface area contributed by atoms with Gasteiger partial charge in [0.15, 0.2) is 0 Å². The molecule has 1 aliphatic rings. The van der Waals surface area contributed by atoms with Crippen molar-refractivity contribution in [3.05, 3.63) is 22.4 Å². The van der Waals surface area contributed by atoms with E-state index in [0.29, 0.717) is 10.2 Å². The predicted molar refractivity (Wildman–Crippen MR) is 64.3 cm³/mol. The van der Waals surface area contributed by atoms with Gasteiger partial charge in [-0.15, -0.1) is 0 Å². The van der Waals surface area contributed by atoms with Gasteiger partial charge in [-0.2, -0.15) is 0 Å². The van der Waals surface area contributed by atoms with Crippen LogP contribution in [0.2, 0.25) is 0 Å². The number of hydrogen-bond donors (Lipinski definition) is 2. The van der Waals surface area contributed by atoms with E-state index in [1.807, 2.05) is 0 Å². The summed E-state index contributed by atoms with van der Waals surface area (Å²) in [4.78, 5) is 0. The zero-order valence-corrected chi connectivity index (χ0v) is 9.98. The van der Waals surface area contributed by atoms with Crippen LogP contribution >= 0.6 is 15.9 Å². The molecule has 1 aromatic carbocycles. The predicted octanol–water partition coefficient (Wildman–Crippen LogP) is 3.38. The molecule has 4 heteroatoms. The Bertz CT molecular complexity index is 364. The zero-order chi connectivity index (χ0) is 10.8. The molecule has 1 aromatic rings. The van der Waals surface area contributed by atoms with Crippen molar-refractivity contribution in [3.8, 4) is 0 Å². The van der Waals surface area contributed by atoms with Crippen LogP contribution in [0.25, 0.3) is 0 Å². The lowest BCUT2D eigenvalue weighted by molar-refractivity contribution is 0.622. The van der Waals surface area contributed by atoms with Gasteiger partial charge < -0.3 is 11.1 Å². The highest BCUT2D eigenvalue weighted by molar-refractivity contribution is 9.10. The fourth-order valence-corrected chi connectivity index (χ4v) is 1.88. The number of benzene rings is 1. The van der Waals surface area contributed by atoms with Gasteiger partial charge in [-0.05, 0) is 34.3 Å². The third kappa shape index (κ3) is 2.84. The molecular weight excluding hydrogens is 259 g/mol. The van der Waals surface area contributed by atoms with Crippen molar-refractivity contribution in [1.82, 2.24) is 0 Å². The smallest absolute Gasteiger partial charge is 0.139 e. The molecule has 2 nitrogen and oxygen atoms in total. The standard InChI is InChI=1S/C11H14BrFN2/c12-8-5-11(10(14)6-9(8)13)15-4-3-7-1-2-7/h5-7,15H,1-4,14H2. The van der Waals surface area contributed by atoms with Gasteiger partial charge in [-0.1, -0.05) is 12.8 Å². The second kappa shape index (κ2) is 4.39. The summed E-state index contributed by atoms with van der Waals surface area (Å²) in [5, 5.41) is 3.23. The van der Waals surface area contributed by atoms with Crippen LogP contribution in [0.3, 0.4) is 0 Å². The molecule has 0 radical (unpaired) electrons. The van der Waals surface area contributed by atoms with Crippen LogP contribution in [0, 0.1) is 11.7 Å². The minimum Gasteiger partial charge on any atom is -0.397 e. The molecule has 0 aliphatic heterocycles. The number of rotatable bonds is 4. The van der Waals surface area contributed by atoms with Crippen molar-refractivity contribution in [2.45, 2.75) is 19.3 Å². The average molecular weight is 273 g/mol. The summed E-state index contributed by atoms with van der Waals surface area (Å²) >= 11 is 3.14. The third-order valence-corrected chi connectivity index (χ3v) is 3.27. The number of nitrogens with two attached hydrogens (primary N) is 1. The number of nitrogen functional groups attached to an aromatic ring is 1. The number of halogens is 2. The molecule has 1 aliphatic carbocycles. The van der Waals surface area contributed by atoms with Gasteiger partial charge in [0.2, 0.25) is 0 Å². The number of hydrogen-bond acceptors (Lipinski definition) is 2. The van der Waals surface area contributed by atoms with Gasteiger partial charge in [0.1, 0.15) is 5.82 Å². The Balaban J connectivity index is 1.96. The molecule has 0 saturated heterocycles. The fourth-order valence-electron chi connectivity index (χ4n) is 1.53. The van der Waals surface area contributed by atoms with Crippen molar-refractivity contribution in [2.24, 2.45) is 5.92 Å². The first kappa shape index (κ1) is 10.7. The fraction of sp³-hybridized carbons (Fsp3) is 0.455. The second-order valence-corrected chi connectivity index (χ2v) is 4.87. The van der Waals surface area contributed by atoms with E-state index in [2.05, 4.69) is 21.2 Å². The Kier molecular flexibility index (Phi) is 3.14. The van der Waals surface area contributed by atoms with E-state index in [1.165, 1.54) is 25.3 Å². The lowest BCUT2D eigenvalue weighted by Gasteiger charge is -2.09. The van der Waals surface area contributed by atoms with Gasteiger partial charge >= 0.3 is 0 Å². The first-order valence-corrected chi connectivity index (χ1v) is 5.94. The van der Waals surface area contributed by atoms with Crippen LogP contribution in [0.5, 0.6) is 0 Å². The molecule has 1 fully saturated rings. The monoisotopic (exact) mass is 272 g/mol. The highest BCUT2D eigenvalue weighted by atomic mass is 79.9. The molecule has 0 aromatic heterocycles. The van der Waals surface area contributed by atoms with Crippen LogP contribution in [-0.2, 0) is 0 Å². The Hall–Kier alpha value is -0.770. The molecule has 0 unspecified atom stereocenters.